The third-order valence-corrected chi connectivity index (χ3v) is 3.28. The van der Waals surface area contributed by atoms with Crippen LogP contribution in [-0.4, -0.2) is 33.5 Å². The summed E-state index contributed by atoms with van der Waals surface area (Å²) >= 11 is 5.82. The van der Waals surface area contributed by atoms with Gasteiger partial charge < -0.3 is 4.90 Å². The van der Waals surface area contributed by atoms with Crippen LogP contribution in [0.25, 0.3) is 0 Å². The van der Waals surface area contributed by atoms with E-state index in [4.69, 9.17) is 11.6 Å². The number of carbonyl (C=O) groups is 1. The zero-order valence-corrected chi connectivity index (χ0v) is 10.9. The minimum atomic E-state index is -0.163. The maximum absolute atomic E-state index is 12.0. The standard InChI is InChI=1S/C11H16ClN5O/c1-8-4-2-3-7-17(8)11(18)16-15-10-9(12)13-5-6-14-10/h5-6,8H,2-4,7H2,1H3,(H,14,15)(H,16,18). The molecule has 0 aliphatic carbocycles. The number of piperidine rings is 1. The van der Waals surface area contributed by atoms with Crippen molar-refractivity contribution in [2.45, 2.75) is 32.2 Å². The second kappa shape index (κ2) is 5.86. The zero-order chi connectivity index (χ0) is 13.0. The highest BCUT2D eigenvalue weighted by molar-refractivity contribution is 6.31. The van der Waals surface area contributed by atoms with E-state index in [9.17, 15) is 4.79 Å². The number of likely N-dealkylation sites (tertiary alicyclic amines) is 1. The van der Waals surface area contributed by atoms with Crippen LogP contribution >= 0.6 is 11.6 Å². The fourth-order valence-corrected chi connectivity index (χ4v) is 2.14. The summed E-state index contributed by atoms with van der Waals surface area (Å²) in [5.74, 6) is 0.345. The van der Waals surface area contributed by atoms with Crippen molar-refractivity contribution >= 4 is 23.4 Å². The first-order valence-electron chi connectivity index (χ1n) is 5.97. The highest BCUT2D eigenvalue weighted by Crippen LogP contribution is 2.17. The number of hydrogen-bond acceptors (Lipinski definition) is 4. The van der Waals surface area contributed by atoms with Gasteiger partial charge in [-0.15, -0.1) is 0 Å². The molecule has 2 rings (SSSR count). The predicted octanol–water partition coefficient (Wildman–Crippen LogP) is 2.04. The summed E-state index contributed by atoms with van der Waals surface area (Å²) in [6.07, 6.45) is 6.25. The highest BCUT2D eigenvalue weighted by atomic mass is 35.5. The van der Waals surface area contributed by atoms with Crippen molar-refractivity contribution in [1.29, 1.82) is 0 Å². The van der Waals surface area contributed by atoms with Crippen molar-refractivity contribution in [1.82, 2.24) is 20.3 Å². The molecule has 1 aromatic heterocycles. The molecule has 2 N–H and O–H groups in total. The number of hydrazine groups is 1. The molecule has 0 aromatic carbocycles. The maximum Gasteiger partial charge on any atom is 0.336 e. The monoisotopic (exact) mass is 269 g/mol. The Hall–Kier alpha value is -1.56. The van der Waals surface area contributed by atoms with Gasteiger partial charge in [0.05, 0.1) is 0 Å². The van der Waals surface area contributed by atoms with Crippen molar-refractivity contribution in [3.63, 3.8) is 0 Å². The molecule has 1 aliphatic heterocycles. The van der Waals surface area contributed by atoms with Crippen LogP contribution in [-0.2, 0) is 0 Å². The van der Waals surface area contributed by atoms with Crippen LogP contribution in [0.3, 0.4) is 0 Å². The molecule has 0 bridgehead atoms. The topological polar surface area (TPSA) is 70.2 Å². The number of nitrogens with one attached hydrogen (secondary N) is 2. The Labute approximate surface area is 111 Å². The van der Waals surface area contributed by atoms with Crippen molar-refractivity contribution in [2.24, 2.45) is 0 Å². The lowest BCUT2D eigenvalue weighted by atomic mass is 10.0. The molecule has 0 saturated carbocycles. The van der Waals surface area contributed by atoms with E-state index >= 15 is 0 Å². The van der Waals surface area contributed by atoms with Crippen LogP contribution in [0.2, 0.25) is 5.15 Å². The molecule has 1 atom stereocenters. The van der Waals surface area contributed by atoms with Crippen molar-refractivity contribution in [3.05, 3.63) is 17.5 Å². The van der Waals surface area contributed by atoms with Crippen molar-refractivity contribution in [3.8, 4) is 0 Å². The minimum Gasteiger partial charge on any atom is -0.321 e. The van der Waals surface area contributed by atoms with Crippen LogP contribution in [0.1, 0.15) is 26.2 Å². The Kier molecular flexibility index (Phi) is 4.19. The van der Waals surface area contributed by atoms with E-state index in [1.54, 1.807) is 4.90 Å². The summed E-state index contributed by atoms with van der Waals surface area (Å²) < 4.78 is 0. The number of urea groups is 1. The van der Waals surface area contributed by atoms with Gasteiger partial charge in [0, 0.05) is 25.0 Å². The summed E-state index contributed by atoms with van der Waals surface area (Å²) in [7, 11) is 0. The van der Waals surface area contributed by atoms with Crippen LogP contribution in [0, 0.1) is 0 Å². The lowest BCUT2D eigenvalue weighted by molar-refractivity contribution is 0.160. The Morgan fingerprint density at radius 3 is 2.94 bits per heavy atom. The van der Waals surface area contributed by atoms with E-state index in [0.29, 0.717) is 5.82 Å². The lowest BCUT2D eigenvalue weighted by Crippen LogP contribution is -2.49. The summed E-state index contributed by atoms with van der Waals surface area (Å²) in [5, 5.41) is 0.226. The predicted molar refractivity (Wildman–Crippen MR) is 69.2 cm³/mol. The normalized spacial score (nSPS) is 19.4. The van der Waals surface area contributed by atoms with Crippen LogP contribution in [0.4, 0.5) is 10.6 Å². The van der Waals surface area contributed by atoms with Crippen LogP contribution < -0.4 is 10.9 Å². The van der Waals surface area contributed by atoms with Crippen LogP contribution in [0.5, 0.6) is 0 Å². The Morgan fingerprint density at radius 1 is 1.44 bits per heavy atom. The number of anilines is 1. The van der Waals surface area contributed by atoms with Crippen molar-refractivity contribution < 1.29 is 4.79 Å². The van der Waals surface area contributed by atoms with Gasteiger partial charge in [-0.3, -0.25) is 10.9 Å². The van der Waals surface area contributed by atoms with Crippen molar-refractivity contribution in [2.75, 3.05) is 12.0 Å². The number of halogens is 1. The van der Waals surface area contributed by atoms with E-state index in [-0.39, 0.29) is 17.2 Å². The molecule has 2 amide bonds. The zero-order valence-electron chi connectivity index (χ0n) is 10.2. The lowest BCUT2D eigenvalue weighted by Gasteiger charge is -2.33. The molecule has 1 unspecified atom stereocenters. The molecule has 1 saturated heterocycles. The third-order valence-electron chi connectivity index (χ3n) is 3.01. The molecular formula is C11H16ClN5O. The van der Waals surface area contributed by atoms with Gasteiger partial charge in [-0.1, -0.05) is 11.6 Å². The molecule has 0 radical (unpaired) electrons. The third kappa shape index (κ3) is 3.01. The van der Waals surface area contributed by atoms with Gasteiger partial charge in [0.15, 0.2) is 11.0 Å². The van der Waals surface area contributed by atoms with Gasteiger partial charge in [0.25, 0.3) is 0 Å². The second-order valence-electron chi connectivity index (χ2n) is 4.29. The van der Waals surface area contributed by atoms with Gasteiger partial charge in [-0.25, -0.2) is 14.8 Å². The smallest absolute Gasteiger partial charge is 0.321 e. The molecule has 1 fully saturated rings. The summed E-state index contributed by atoms with van der Waals surface area (Å²) in [4.78, 5) is 21.6. The van der Waals surface area contributed by atoms with E-state index in [0.717, 1.165) is 19.4 Å². The molecule has 2 heterocycles. The van der Waals surface area contributed by atoms with Gasteiger partial charge in [0.2, 0.25) is 0 Å². The number of amides is 2. The molecule has 1 aliphatic rings. The number of rotatable bonds is 2. The van der Waals surface area contributed by atoms with Gasteiger partial charge in [0.1, 0.15) is 0 Å². The summed E-state index contributed by atoms with van der Waals surface area (Å²) in [5.41, 5.74) is 5.27. The Balaban J connectivity index is 1.90. The maximum atomic E-state index is 12.0. The molecule has 6 nitrogen and oxygen atoms in total. The quantitative estimate of drug-likeness (QED) is 0.806. The summed E-state index contributed by atoms with van der Waals surface area (Å²) in [6, 6.07) is 0.0989. The molecule has 1 aromatic rings. The van der Waals surface area contributed by atoms with Gasteiger partial charge in [-0.05, 0) is 26.2 Å². The fourth-order valence-electron chi connectivity index (χ4n) is 1.99. The number of hydrogen-bond donors (Lipinski definition) is 2. The molecule has 7 heteroatoms. The molecule has 98 valence electrons. The molecule has 0 spiro atoms. The van der Waals surface area contributed by atoms with Crippen LogP contribution in [0.15, 0.2) is 12.4 Å². The number of aromatic nitrogens is 2. The molecular weight excluding hydrogens is 254 g/mol. The van der Waals surface area contributed by atoms with E-state index < -0.39 is 0 Å². The Morgan fingerprint density at radius 2 is 2.22 bits per heavy atom. The van der Waals surface area contributed by atoms with Gasteiger partial charge in [-0.2, -0.15) is 0 Å². The minimum absolute atomic E-state index is 0.163. The number of nitrogens with zero attached hydrogens (tertiary/aromatic N) is 3. The fraction of sp³-hybridized carbons (Fsp3) is 0.545. The largest absolute Gasteiger partial charge is 0.336 e. The van der Waals surface area contributed by atoms with E-state index in [1.165, 1.54) is 18.8 Å². The average Bonchev–Trinajstić information content (AvgIpc) is 2.38. The first-order valence-corrected chi connectivity index (χ1v) is 6.35. The summed E-state index contributed by atoms with van der Waals surface area (Å²) in [6.45, 7) is 2.83. The molecule has 18 heavy (non-hydrogen) atoms. The second-order valence-corrected chi connectivity index (χ2v) is 4.65. The first-order chi connectivity index (χ1) is 8.68. The SMILES string of the molecule is CC1CCCCN1C(=O)NNc1nccnc1Cl. The van der Waals surface area contributed by atoms with Gasteiger partial charge >= 0.3 is 6.03 Å². The van der Waals surface area contributed by atoms with E-state index in [2.05, 4.69) is 20.8 Å². The number of carbonyl (C=O) groups excluding carboxylic acids is 1. The highest BCUT2D eigenvalue weighted by Gasteiger charge is 2.23. The first kappa shape index (κ1) is 12.9. The van der Waals surface area contributed by atoms with E-state index in [1.807, 2.05) is 6.92 Å². The Bertz CT molecular complexity index is 428. The average molecular weight is 270 g/mol.